The molecule has 0 aliphatic heterocycles. The quantitative estimate of drug-likeness (QED) is 0.619. The van der Waals surface area contributed by atoms with E-state index in [9.17, 15) is 5.11 Å². The number of rotatable bonds is 2. The number of hydrogen-bond acceptors (Lipinski definition) is 1. The normalized spacial score (nSPS) is 12.6. The van der Waals surface area contributed by atoms with Crippen molar-refractivity contribution in [2.75, 3.05) is 0 Å². The molecular formula is C17H11Cl3O. The fourth-order valence-corrected chi connectivity index (χ4v) is 3.21. The van der Waals surface area contributed by atoms with Gasteiger partial charge in [0.05, 0.1) is 0 Å². The average Bonchev–Trinajstić information content (AvgIpc) is 2.46. The van der Waals surface area contributed by atoms with Gasteiger partial charge in [-0.15, -0.1) is 0 Å². The van der Waals surface area contributed by atoms with Crippen molar-refractivity contribution in [1.29, 1.82) is 0 Å². The van der Waals surface area contributed by atoms with E-state index in [2.05, 4.69) is 0 Å². The topological polar surface area (TPSA) is 20.2 Å². The zero-order valence-corrected chi connectivity index (χ0v) is 13.1. The van der Waals surface area contributed by atoms with Crippen LogP contribution in [0.25, 0.3) is 10.8 Å². The number of benzene rings is 3. The molecule has 0 amide bonds. The van der Waals surface area contributed by atoms with Crippen LogP contribution in [0.15, 0.2) is 54.6 Å². The van der Waals surface area contributed by atoms with Crippen molar-refractivity contribution < 1.29 is 5.11 Å². The first-order valence-corrected chi connectivity index (χ1v) is 7.51. The van der Waals surface area contributed by atoms with E-state index in [-0.39, 0.29) is 0 Å². The first-order valence-electron chi connectivity index (χ1n) is 6.37. The van der Waals surface area contributed by atoms with Crippen LogP contribution in [0, 0.1) is 0 Å². The molecule has 3 aromatic carbocycles. The van der Waals surface area contributed by atoms with E-state index in [1.54, 1.807) is 24.3 Å². The molecule has 1 atom stereocenters. The Kier molecular flexibility index (Phi) is 4.10. The van der Waals surface area contributed by atoms with Crippen LogP contribution in [0.2, 0.25) is 15.1 Å². The summed E-state index contributed by atoms with van der Waals surface area (Å²) in [6, 6.07) is 16.4. The summed E-state index contributed by atoms with van der Waals surface area (Å²) in [5.74, 6) is 0. The van der Waals surface area contributed by atoms with E-state index in [0.717, 1.165) is 16.3 Å². The first kappa shape index (κ1) is 14.7. The molecule has 1 unspecified atom stereocenters. The van der Waals surface area contributed by atoms with Crippen LogP contribution >= 0.6 is 34.8 Å². The zero-order chi connectivity index (χ0) is 15.0. The zero-order valence-electron chi connectivity index (χ0n) is 10.9. The maximum atomic E-state index is 10.7. The maximum absolute atomic E-state index is 10.7. The van der Waals surface area contributed by atoms with E-state index in [0.29, 0.717) is 20.6 Å². The van der Waals surface area contributed by atoms with Crippen LogP contribution in [0.1, 0.15) is 17.2 Å². The lowest BCUT2D eigenvalue weighted by molar-refractivity contribution is 0.222. The molecule has 4 heteroatoms. The highest BCUT2D eigenvalue weighted by atomic mass is 35.5. The molecule has 0 aliphatic rings. The number of aliphatic hydroxyl groups is 1. The summed E-state index contributed by atoms with van der Waals surface area (Å²) in [5.41, 5.74) is 1.42. The van der Waals surface area contributed by atoms with Gasteiger partial charge in [0.15, 0.2) is 0 Å². The summed E-state index contributed by atoms with van der Waals surface area (Å²) in [4.78, 5) is 0. The van der Waals surface area contributed by atoms with E-state index < -0.39 is 6.10 Å². The van der Waals surface area contributed by atoms with Crippen LogP contribution in [0.3, 0.4) is 0 Å². The molecule has 3 rings (SSSR count). The molecule has 106 valence electrons. The number of hydrogen-bond donors (Lipinski definition) is 1. The van der Waals surface area contributed by atoms with E-state index in [1.165, 1.54) is 0 Å². The van der Waals surface area contributed by atoms with Crippen molar-refractivity contribution in [2.45, 2.75) is 6.10 Å². The predicted octanol–water partition coefficient (Wildman–Crippen LogP) is 5.88. The lowest BCUT2D eigenvalue weighted by atomic mass is 9.96. The average molecular weight is 338 g/mol. The Hall–Kier alpha value is -1.25. The van der Waals surface area contributed by atoms with Crippen molar-refractivity contribution in [3.63, 3.8) is 0 Å². The number of fused-ring (bicyclic) bond motifs is 1. The van der Waals surface area contributed by atoms with Gasteiger partial charge >= 0.3 is 0 Å². The fourth-order valence-electron chi connectivity index (χ4n) is 2.44. The van der Waals surface area contributed by atoms with Crippen LogP contribution in [-0.2, 0) is 0 Å². The summed E-state index contributed by atoms with van der Waals surface area (Å²) in [5, 5.41) is 14.1. The van der Waals surface area contributed by atoms with Crippen LogP contribution < -0.4 is 0 Å². The summed E-state index contributed by atoms with van der Waals surface area (Å²) in [6.45, 7) is 0. The maximum Gasteiger partial charge on any atom is 0.105 e. The van der Waals surface area contributed by atoms with Crippen molar-refractivity contribution >= 4 is 45.6 Å². The van der Waals surface area contributed by atoms with Gasteiger partial charge in [0, 0.05) is 20.5 Å². The van der Waals surface area contributed by atoms with Gasteiger partial charge in [-0.05, 0) is 40.8 Å². The minimum atomic E-state index is -0.816. The van der Waals surface area contributed by atoms with E-state index in [1.807, 2.05) is 30.3 Å². The van der Waals surface area contributed by atoms with Gasteiger partial charge in [0.2, 0.25) is 0 Å². The van der Waals surface area contributed by atoms with Crippen molar-refractivity contribution in [3.05, 3.63) is 80.8 Å². The fraction of sp³-hybridized carbons (Fsp3) is 0.0588. The second-order valence-electron chi connectivity index (χ2n) is 4.79. The van der Waals surface area contributed by atoms with Gasteiger partial charge in [0.1, 0.15) is 6.10 Å². The molecule has 0 aliphatic carbocycles. The number of aliphatic hydroxyl groups excluding tert-OH is 1. The lowest BCUT2D eigenvalue weighted by Gasteiger charge is -2.15. The Labute approximate surface area is 137 Å². The third-order valence-electron chi connectivity index (χ3n) is 3.40. The molecule has 3 aromatic rings. The van der Waals surface area contributed by atoms with Gasteiger partial charge in [-0.2, -0.15) is 0 Å². The van der Waals surface area contributed by atoms with Gasteiger partial charge in [-0.3, -0.25) is 0 Å². The summed E-state index contributed by atoms with van der Waals surface area (Å²) >= 11 is 18.2. The van der Waals surface area contributed by atoms with Crippen LogP contribution in [-0.4, -0.2) is 5.11 Å². The second kappa shape index (κ2) is 5.86. The highest BCUT2D eigenvalue weighted by molar-refractivity contribution is 6.35. The SMILES string of the molecule is OC(c1cc(Cl)cc(Cl)c1)c1ccc(Cl)c2ccccc12. The smallest absolute Gasteiger partial charge is 0.105 e. The standard InChI is InChI=1S/C17H11Cl3O/c18-11-7-10(8-12(19)9-11)17(21)15-5-6-16(20)14-4-2-1-3-13(14)15/h1-9,17,21H. The third-order valence-corrected chi connectivity index (χ3v) is 4.17. The lowest BCUT2D eigenvalue weighted by Crippen LogP contribution is -2.01. The molecule has 0 saturated carbocycles. The molecule has 21 heavy (non-hydrogen) atoms. The van der Waals surface area contributed by atoms with Crippen LogP contribution in [0.4, 0.5) is 0 Å². The summed E-state index contributed by atoms with van der Waals surface area (Å²) in [6.07, 6.45) is -0.816. The summed E-state index contributed by atoms with van der Waals surface area (Å²) < 4.78 is 0. The second-order valence-corrected chi connectivity index (χ2v) is 6.07. The Morgan fingerprint density at radius 2 is 1.38 bits per heavy atom. The highest BCUT2D eigenvalue weighted by Gasteiger charge is 2.15. The van der Waals surface area contributed by atoms with Crippen molar-refractivity contribution in [2.24, 2.45) is 0 Å². The Morgan fingerprint density at radius 1 is 0.762 bits per heavy atom. The van der Waals surface area contributed by atoms with E-state index in [4.69, 9.17) is 34.8 Å². The van der Waals surface area contributed by atoms with Crippen molar-refractivity contribution in [3.8, 4) is 0 Å². The van der Waals surface area contributed by atoms with Gasteiger partial charge in [0.25, 0.3) is 0 Å². The molecule has 0 saturated heterocycles. The van der Waals surface area contributed by atoms with Crippen LogP contribution in [0.5, 0.6) is 0 Å². The largest absolute Gasteiger partial charge is 0.384 e. The van der Waals surface area contributed by atoms with Crippen molar-refractivity contribution in [1.82, 2.24) is 0 Å². The molecule has 0 radical (unpaired) electrons. The molecule has 0 fully saturated rings. The molecule has 0 aromatic heterocycles. The first-order chi connectivity index (χ1) is 10.1. The molecule has 1 N–H and O–H groups in total. The molecule has 0 spiro atoms. The Bertz CT molecular complexity index is 794. The monoisotopic (exact) mass is 336 g/mol. The minimum Gasteiger partial charge on any atom is -0.384 e. The van der Waals surface area contributed by atoms with E-state index >= 15 is 0 Å². The molecule has 0 heterocycles. The molecular weight excluding hydrogens is 327 g/mol. The van der Waals surface area contributed by atoms with Gasteiger partial charge in [-0.25, -0.2) is 0 Å². The highest BCUT2D eigenvalue weighted by Crippen LogP contribution is 2.34. The number of halogens is 3. The minimum absolute atomic E-state index is 0.495. The van der Waals surface area contributed by atoms with Gasteiger partial charge in [-0.1, -0.05) is 65.1 Å². The summed E-state index contributed by atoms with van der Waals surface area (Å²) in [7, 11) is 0. The third kappa shape index (κ3) is 2.88. The Morgan fingerprint density at radius 3 is 2.05 bits per heavy atom. The Balaban J connectivity index is 2.18. The molecule has 1 nitrogen and oxygen atoms in total. The van der Waals surface area contributed by atoms with Gasteiger partial charge < -0.3 is 5.11 Å². The molecule has 0 bridgehead atoms. The predicted molar refractivity (Wildman–Crippen MR) is 89.5 cm³/mol.